The molecule has 98 valence electrons. The van der Waals surface area contributed by atoms with E-state index in [0.717, 1.165) is 0 Å². The normalized spacial score (nSPS) is 9.89. The van der Waals surface area contributed by atoms with Crippen molar-refractivity contribution in [1.82, 2.24) is 9.88 Å². The quantitative estimate of drug-likeness (QED) is 0.662. The van der Waals surface area contributed by atoms with E-state index in [1.165, 1.54) is 12.3 Å². The lowest BCUT2D eigenvalue weighted by Crippen LogP contribution is -2.32. The Morgan fingerprint density at radius 1 is 1.50 bits per heavy atom. The Bertz CT molecular complexity index is 461. The largest absolute Gasteiger partial charge is 0.397 e. The van der Waals surface area contributed by atoms with E-state index in [0.29, 0.717) is 12.2 Å². The maximum absolute atomic E-state index is 11.6. The molecule has 0 aliphatic heterocycles. The summed E-state index contributed by atoms with van der Waals surface area (Å²) >= 11 is 0. The number of amides is 2. The van der Waals surface area contributed by atoms with Crippen LogP contribution in [0, 0.1) is 0 Å². The molecule has 7 nitrogen and oxygen atoms in total. The molecule has 0 saturated heterocycles. The lowest BCUT2D eigenvalue weighted by Gasteiger charge is -2.15. The van der Waals surface area contributed by atoms with Crippen LogP contribution in [0.2, 0.25) is 0 Å². The van der Waals surface area contributed by atoms with Crippen molar-refractivity contribution in [3.63, 3.8) is 0 Å². The average molecular weight is 251 g/mol. The maximum atomic E-state index is 11.6. The first kappa shape index (κ1) is 13.8. The van der Waals surface area contributed by atoms with E-state index in [-0.39, 0.29) is 23.8 Å². The van der Waals surface area contributed by atoms with Crippen molar-refractivity contribution in [2.24, 2.45) is 5.73 Å². The summed E-state index contributed by atoms with van der Waals surface area (Å²) in [6, 6.07) is 1.42. The zero-order chi connectivity index (χ0) is 13.7. The SMILES string of the molecule is CCN(C)C(=O)CNc1ncc(N)cc1C(N)=O. The minimum absolute atomic E-state index is 0.0432. The molecule has 0 unspecified atom stereocenters. The van der Waals surface area contributed by atoms with Gasteiger partial charge < -0.3 is 21.7 Å². The van der Waals surface area contributed by atoms with Gasteiger partial charge in [0.2, 0.25) is 5.91 Å². The number of nitrogen functional groups attached to an aromatic ring is 1. The monoisotopic (exact) mass is 251 g/mol. The first-order valence-electron chi connectivity index (χ1n) is 5.48. The zero-order valence-electron chi connectivity index (χ0n) is 10.4. The summed E-state index contributed by atoms with van der Waals surface area (Å²) in [7, 11) is 1.69. The Morgan fingerprint density at radius 3 is 2.72 bits per heavy atom. The maximum Gasteiger partial charge on any atom is 0.252 e. The number of nitrogens with two attached hydrogens (primary N) is 2. The van der Waals surface area contributed by atoms with Gasteiger partial charge in [-0.25, -0.2) is 4.98 Å². The molecule has 0 atom stereocenters. The summed E-state index contributed by atoms with van der Waals surface area (Å²) in [5.74, 6) is -0.491. The van der Waals surface area contributed by atoms with Crippen LogP contribution in [0.4, 0.5) is 11.5 Å². The molecule has 0 radical (unpaired) electrons. The molecule has 2 amide bonds. The van der Waals surface area contributed by atoms with Crippen LogP contribution in [0.15, 0.2) is 12.3 Å². The van der Waals surface area contributed by atoms with Crippen LogP contribution in [-0.2, 0) is 4.79 Å². The van der Waals surface area contributed by atoms with E-state index < -0.39 is 5.91 Å². The number of carbonyl (C=O) groups excluding carboxylic acids is 2. The number of hydrogen-bond acceptors (Lipinski definition) is 5. The van der Waals surface area contributed by atoms with Gasteiger partial charge in [-0.3, -0.25) is 9.59 Å². The number of rotatable bonds is 5. The van der Waals surface area contributed by atoms with Crippen molar-refractivity contribution in [1.29, 1.82) is 0 Å². The Hall–Kier alpha value is -2.31. The number of nitrogens with one attached hydrogen (secondary N) is 1. The van der Waals surface area contributed by atoms with Crippen LogP contribution in [0.5, 0.6) is 0 Å². The van der Waals surface area contributed by atoms with Gasteiger partial charge in [-0.2, -0.15) is 0 Å². The van der Waals surface area contributed by atoms with Gasteiger partial charge in [0.25, 0.3) is 5.91 Å². The molecule has 1 aromatic rings. The minimum atomic E-state index is -0.645. The fourth-order valence-electron chi connectivity index (χ4n) is 1.28. The highest BCUT2D eigenvalue weighted by Gasteiger charge is 2.12. The standard InChI is InChI=1S/C11H17N5O2/c1-3-16(2)9(17)6-15-11-8(10(13)18)4-7(12)5-14-11/h4-5H,3,6,12H2,1-2H3,(H2,13,18)(H,14,15). The van der Waals surface area contributed by atoms with Crippen LogP contribution >= 0.6 is 0 Å². The van der Waals surface area contributed by atoms with Crippen molar-refractivity contribution < 1.29 is 9.59 Å². The van der Waals surface area contributed by atoms with Gasteiger partial charge in [0.05, 0.1) is 24.0 Å². The van der Waals surface area contributed by atoms with Gasteiger partial charge in [0, 0.05) is 13.6 Å². The van der Waals surface area contributed by atoms with Gasteiger partial charge in [-0.15, -0.1) is 0 Å². The number of pyridine rings is 1. The molecule has 1 aromatic heterocycles. The Morgan fingerprint density at radius 2 is 2.17 bits per heavy atom. The van der Waals surface area contributed by atoms with Crippen molar-refractivity contribution in [3.8, 4) is 0 Å². The molecule has 0 fully saturated rings. The number of anilines is 2. The smallest absolute Gasteiger partial charge is 0.252 e. The average Bonchev–Trinajstić information content (AvgIpc) is 2.35. The van der Waals surface area contributed by atoms with Gasteiger partial charge >= 0.3 is 0 Å². The molecule has 5 N–H and O–H groups in total. The second-order valence-corrected chi connectivity index (χ2v) is 3.79. The predicted molar refractivity (Wildman–Crippen MR) is 69.0 cm³/mol. The Labute approximate surface area is 105 Å². The summed E-state index contributed by atoms with van der Waals surface area (Å²) < 4.78 is 0. The predicted octanol–water partition coefficient (Wildman–Crippen LogP) is -0.347. The van der Waals surface area contributed by atoms with Crippen LogP contribution in [0.25, 0.3) is 0 Å². The van der Waals surface area contributed by atoms with E-state index in [4.69, 9.17) is 11.5 Å². The molecular formula is C11H17N5O2. The highest BCUT2D eigenvalue weighted by Crippen LogP contribution is 2.14. The number of hydrogen-bond donors (Lipinski definition) is 3. The van der Waals surface area contributed by atoms with Gasteiger partial charge in [-0.05, 0) is 13.0 Å². The van der Waals surface area contributed by atoms with Crippen LogP contribution in [0.1, 0.15) is 17.3 Å². The fraction of sp³-hybridized carbons (Fsp3) is 0.364. The summed E-state index contributed by atoms with van der Waals surface area (Å²) in [6.07, 6.45) is 1.39. The third kappa shape index (κ3) is 3.34. The summed E-state index contributed by atoms with van der Waals surface area (Å²) in [4.78, 5) is 28.3. The van der Waals surface area contributed by atoms with E-state index >= 15 is 0 Å². The van der Waals surface area contributed by atoms with Crippen molar-refractivity contribution >= 4 is 23.3 Å². The lowest BCUT2D eigenvalue weighted by molar-refractivity contribution is -0.127. The Balaban J connectivity index is 2.79. The topological polar surface area (TPSA) is 114 Å². The van der Waals surface area contributed by atoms with Crippen molar-refractivity contribution in [2.75, 3.05) is 31.2 Å². The van der Waals surface area contributed by atoms with E-state index in [1.54, 1.807) is 11.9 Å². The second-order valence-electron chi connectivity index (χ2n) is 3.79. The summed E-state index contributed by atoms with van der Waals surface area (Å²) in [6.45, 7) is 2.52. The molecule has 1 rings (SSSR count). The van der Waals surface area contributed by atoms with E-state index in [2.05, 4.69) is 10.3 Å². The number of primary amides is 1. The van der Waals surface area contributed by atoms with E-state index in [1.807, 2.05) is 6.92 Å². The molecule has 0 aromatic carbocycles. The zero-order valence-corrected chi connectivity index (χ0v) is 10.4. The molecule has 0 spiro atoms. The lowest BCUT2D eigenvalue weighted by atomic mass is 10.2. The van der Waals surface area contributed by atoms with E-state index in [9.17, 15) is 9.59 Å². The van der Waals surface area contributed by atoms with Crippen LogP contribution < -0.4 is 16.8 Å². The minimum Gasteiger partial charge on any atom is -0.397 e. The van der Waals surface area contributed by atoms with Gasteiger partial charge in [0.1, 0.15) is 5.82 Å². The van der Waals surface area contributed by atoms with Crippen LogP contribution in [-0.4, -0.2) is 41.8 Å². The third-order valence-corrected chi connectivity index (χ3v) is 2.48. The highest BCUT2D eigenvalue weighted by atomic mass is 16.2. The molecule has 0 bridgehead atoms. The molecule has 7 heteroatoms. The first-order chi connectivity index (χ1) is 8.45. The molecule has 0 aliphatic rings. The van der Waals surface area contributed by atoms with Crippen molar-refractivity contribution in [3.05, 3.63) is 17.8 Å². The fourth-order valence-corrected chi connectivity index (χ4v) is 1.28. The summed E-state index contributed by atoms with van der Waals surface area (Å²) in [5.41, 5.74) is 11.2. The molecule has 18 heavy (non-hydrogen) atoms. The molecular weight excluding hydrogens is 234 g/mol. The number of aromatic nitrogens is 1. The number of likely N-dealkylation sites (N-methyl/N-ethyl adjacent to an activating group) is 1. The number of carbonyl (C=O) groups is 2. The molecule has 0 aliphatic carbocycles. The Kier molecular flexibility index (Phi) is 4.47. The highest BCUT2D eigenvalue weighted by molar-refractivity contribution is 5.98. The summed E-state index contributed by atoms with van der Waals surface area (Å²) in [5, 5.41) is 2.78. The third-order valence-electron chi connectivity index (χ3n) is 2.48. The van der Waals surface area contributed by atoms with Gasteiger partial charge in [-0.1, -0.05) is 0 Å². The van der Waals surface area contributed by atoms with Gasteiger partial charge in [0.15, 0.2) is 0 Å². The second kappa shape index (κ2) is 5.85. The number of nitrogens with zero attached hydrogens (tertiary/aromatic N) is 2. The first-order valence-corrected chi connectivity index (χ1v) is 5.48. The van der Waals surface area contributed by atoms with Crippen LogP contribution in [0.3, 0.4) is 0 Å². The van der Waals surface area contributed by atoms with Crippen molar-refractivity contribution in [2.45, 2.75) is 6.92 Å². The molecule has 0 saturated carbocycles. The molecule has 1 heterocycles.